The van der Waals surface area contributed by atoms with Crippen LogP contribution in [-0.4, -0.2) is 30.9 Å². The molecule has 0 saturated heterocycles. The van der Waals surface area contributed by atoms with Crippen LogP contribution in [0.15, 0.2) is 64.1 Å². The van der Waals surface area contributed by atoms with E-state index in [0.717, 1.165) is 23.5 Å². The zero-order valence-electron chi connectivity index (χ0n) is 14.6. The molecule has 2 heterocycles. The molecule has 7 nitrogen and oxygen atoms in total. The van der Waals surface area contributed by atoms with Gasteiger partial charge in [-0.2, -0.15) is 0 Å². The van der Waals surface area contributed by atoms with Crippen molar-refractivity contribution in [1.29, 1.82) is 0 Å². The van der Waals surface area contributed by atoms with Crippen LogP contribution in [0.2, 0.25) is 0 Å². The molecular formula is C19H16FN3O4S. The fraction of sp³-hybridized carbons (Fsp3) is 0.158. The Kier molecular flexibility index (Phi) is 4.60. The van der Waals surface area contributed by atoms with Gasteiger partial charge in [-0.3, -0.25) is 9.52 Å². The van der Waals surface area contributed by atoms with E-state index in [0.29, 0.717) is 25.1 Å². The van der Waals surface area contributed by atoms with E-state index in [4.69, 9.17) is 4.52 Å². The van der Waals surface area contributed by atoms with Crippen LogP contribution in [-0.2, 0) is 23.0 Å². The Balaban J connectivity index is 1.54. The maximum absolute atomic E-state index is 13.3. The number of aromatic nitrogens is 1. The van der Waals surface area contributed by atoms with Gasteiger partial charge in [0.1, 0.15) is 11.6 Å². The highest BCUT2D eigenvalue weighted by Crippen LogP contribution is 2.22. The number of carbonyl (C=O) groups excluding carboxylic acids is 1. The Morgan fingerprint density at radius 3 is 2.82 bits per heavy atom. The van der Waals surface area contributed by atoms with Crippen molar-refractivity contribution < 1.29 is 22.1 Å². The monoisotopic (exact) mass is 401 g/mol. The van der Waals surface area contributed by atoms with E-state index in [-0.39, 0.29) is 16.5 Å². The van der Waals surface area contributed by atoms with E-state index >= 15 is 0 Å². The molecule has 1 aliphatic heterocycles. The molecule has 2 aromatic carbocycles. The summed E-state index contributed by atoms with van der Waals surface area (Å²) in [6, 6.07) is 10.9. The molecule has 144 valence electrons. The molecule has 1 N–H and O–H groups in total. The highest BCUT2D eigenvalue weighted by Gasteiger charge is 2.25. The Hall–Kier alpha value is -3.20. The summed E-state index contributed by atoms with van der Waals surface area (Å²) in [6.45, 7) is 0.872. The first-order valence-corrected chi connectivity index (χ1v) is 10.0. The molecule has 1 aliphatic rings. The summed E-state index contributed by atoms with van der Waals surface area (Å²) in [7, 11) is -3.97. The van der Waals surface area contributed by atoms with Crippen molar-refractivity contribution in [3.05, 3.63) is 77.4 Å². The lowest BCUT2D eigenvalue weighted by atomic mass is 10.1. The number of halogens is 1. The first kappa shape index (κ1) is 18.2. The number of amides is 1. The number of nitrogens with one attached hydrogen (secondary N) is 1. The van der Waals surface area contributed by atoms with Gasteiger partial charge in [0.25, 0.3) is 15.9 Å². The minimum absolute atomic E-state index is 0.194. The normalized spacial score (nSPS) is 13.8. The van der Waals surface area contributed by atoms with E-state index in [1.807, 2.05) is 0 Å². The van der Waals surface area contributed by atoms with Crippen LogP contribution in [0.4, 0.5) is 10.1 Å². The molecule has 4 rings (SSSR count). The Morgan fingerprint density at radius 1 is 1.18 bits per heavy atom. The largest absolute Gasteiger partial charge is 0.361 e. The van der Waals surface area contributed by atoms with Gasteiger partial charge in [-0.15, -0.1) is 0 Å². The van der Waals surface area contributed by atoms with Crippen LogP contribution < -0.4 is 4.72 Å². The molecule has 0 bridgehead atoms. The predicted molar refractivity (Wildman–Crippen MR) is 98.6 cm³/mol. The molecule has 0 atom stereocenters. The number of fused-ring (bicyclic) bond motifs is 1. The van der Waals surface area contributed by atoms with Gasteiger partial charge in [0.2, 0.25) is 0 Å². The lowest BCUT2D eigenvalue weighted by Crippen LogP contribution is -2.35. The number of carbonyl (C=O) groups is 1. The van der Waals surface area contributed by atoms with Crippen LogP contribution >= 0.6 is 0 Å². The molecule has 0 saturated carbocycles. The quantitative estimate of drug-likeness (QED) is 0.726. The standard InChI is InChI=1S/C19H16FN3O4S/c20-15-4-2-6-17(10-15)28(25,26)22-16-5-1-3-13(9-16)19(24)23-8-7-18-14(12-23)11-21-27-18/h1-6,9-11,22H,7-8,12H2. The third kappa shape index (κ3) is 3.61. The molecule has 1 amide bonds. The number of rotatable bonds is 4. The summed E-state index contributed by atoms with van der Waals surface area (Å²) in [6.07, 6.45) is 2.17. The summed E-state index contributed by atoms with van der Waals surface area (Å²) in [4.78, 5) is 14.3. The molecule has 9 heteroatoms. The molecule has 0 aliphatic carbocycles. The van der Waals surface area contributed by atoms with Crippen LogP contribution in [0.25, 0.3) is 0 Å². The first-order chi connectivity index (χ1) is 13.4. The van der Waals surface area contributed by atoms with Gasteiger partial charge in [0, 0.05) is 29.8 Å². The predicted octanol–water partition coefficient (Wildman–Crippen LogP) is 2.81. The van der Waals surface area contributed by atoms with Crippen LogP contribution in [0, 0.1) is 5.82 Å². The van der Waals surface area contributed by atoms with Crippen molar-refractivity contribution in [2.24, 2.45) is 0 Å². The summed E-state index contributed by atoms with van der Waals surface area (Å²) in [5, 5.41) is 3.74. The van der Waals surface area contributed by atoms with Crippen molar-refractivity contribution in [2.45, 2.75) is 17.9 Å². The van der Waals surface area contributed by atoms with Crippen molar-refractivity contribution in [2.75, 3.05) is 11.3 Å². The third-order valence-electron chi connectivity index (χ3n) is 4.45. The number of benzene rings is 2. The van der Waals surface area contributed by atoms with Gasteiger partial charge >= 0.3 is 0 Å². The third-order valence-corrected chi connectivity index (χ3v) is 5.83. The Bertz CT molecular complexity index is 1140. The second-order valence-electron chi connectivity index (χ2n) is 6.39. The summed E-state index contributed by atoms with van der Waals surface area (Å²) in [5.74, 6) is -0.0932. The SMILES string of the molecule is O=C(c1cccc(NS(=O)(=O)c2cccc(F)c2)c1)N1CCc2oncc2C1. The summed E-state index contributed by atoms with van der Waals surface area (Å²) < 4.78 is 45.8. The molecule has 28 heavy (non-hydrogen) atoms. The van der Waals surface area contributed by atoms with E-state index < -0.39 is 15.8 Å². The topological polar surface area (TPSA) is 92.5 Å². The lowest BCUT2D eigenvalue weighted by Gasteiger charge is -2.25. The summed E-state index contributed by atoms with van der Waals surface area (Å²) >= 11 is 0. The second kappa shape index (κ2) is 7.08. The lowest BCUT2D eigenvalue weighted by molar-refractivity contribution is 0.0729. The van der Waals surface area contributed by atoms with E-state index in [1.165, 1.54) is 24.3 Å². The van der Waals surface area contributed by atoms with Crippen molar-refractivity contribution in [3.8, 4) is 0 Å². The number of hydrogen-bond donors (Lipinski definition) is 1. The fourth-order valence-electron chi connectivity index (χ4n) is 3.06. The second-order valence-corrected chi connectivity index (χ2v) is 8.08. The van der Waals surface area contributed by atoms with Crippen molar-refractivity contribution in [1.82, 2.24) is 10.1 Å². The Morgan fingerprint density at radius 2 is 2.00 bits per heavy atom. The molecule has 0 spiro atoms. The van der Waals surface area contributed by atoms with E-state index in [2.05, 4.69) is 9.88 Å². The van der Waals surface area contributed by atoms with Gasteiger partial charge in [-0.05, 0) is 36.4 Å². The van der Waals surface area contributed by atoms with Gasteiger partial charge < -0.3 is 9.42 Å². The number of nitrogens with zero attached hydrogens (tertiary/aromatic N) is 2. The van der Waals surface area contributed by atoms with E-state index in [9.17, 15) is 17.6 Å². The average molecular weight is 401 g/mol. The fourth-order valence-corrected chi connectivity index (χ4v) is 4.14. The number of hydrogen-bond acceptors (Lipinski definition) is 5. The zero-order valence-corrected chi connectivity index (χ0v) is 15.4. The molecule has 1 aromatic heterocycles. The van der Waals surface area contributed by atoms with Gasteiger partial charge in [0.05, 0.1) is 17.6 Å². The first-order valence-electron chi connectivity index (χ1n) is 8.52. The minimum atomic E-state index is -3.97. The highest BCUT2D eigenvalue weighted by atomic mass is 32.2. The average Bonchev–Trinajstić information content (AvgIpc) is 3.15. The highest BCUT2D eigenvalue weighted by molar-refractivity contribution is 7.92. The minimum Gasteiger partial charge on any atom is -0.361 e. The van der Waals surface area contributed by atoms with Gasteiger partial charge in [0.15, 0.2) is 0 Å². The summed E-state index contributed by atoms with van der Waals surface area (Å²) in [5.41, 5.74) is 1.43. The zero-order chi connectivity index (χ0) is 19.7. The maximum Gasteiger partial charge on any atom is 0.261 e. The molecular weight excluding hydrogens is 385 g/mol. The van der Waals surface area contributed by atoms with Gasteiger partial charge in [-0.25, -0.2) is 12.8 Å². The molecule has 0 unspecified atom stereocenters. The number of anilines is 1. The smallest absolute Gasteiger partial charge is 0.261 e. The number of sulfonamides is 1. The molecule has 0 radical (unpaired) electrons. The maximum atomic E-state index is 13.3. The van der Waals surface area contributed by atoms with Crippen LogP contribution in [0.1, 0.15) is 21.7 Å². The molecule has 0 fully saturated rings. The van der Waals surface area contributed by atoms with Crippen LogP contribution in [0.3, 0.4) is 0 Å². The van der Waals surface area contributed by atoms with E-state index in [1.54, 1.807) is 23.2 Å². The molecule has 3 aromatic rings. The van der Waals surface area contributed by atoms with Crippen LogP contribution in [0.5, 0.6) is 0 Å². The van der Waals surface area contributed by atoms with Gasteiger partial charge in [-0.1, -0.05) is 17.3 Å². The Labute approximate surface area is 160 Å². The van der Waals surface area contributed by atoms with Crippen molar-refractivity contribution >= 4 is 21.6 Å². The van der Waals surface area contributed by atoms with Crippen molar-refractivity contribution in [3.63, 3.8) is 0 Å².